The zero-order chi connectivity index (χ0) is 30.3. The summed E-state index contributed by atoms with van der Waals surface area (Å²) < 4.78 is 29.3. The average molecular weight is 590 g/mol. The van der Waals surface area contributed by atoms with Gasteiger partial charge in [-0.3, -0.25) is 13.9 Å². The molecule has 0 radical (unpaired) electrons. The van der Waals surface area contributed by atoms with Gasteiger partial charge in [0.25, 0.3) is 10.0 Å². The summed E-state index contributed by atoms with van der Waals surface area (Å²) in [7, 11) is -4.09. The first-order valence-electron chi connectivity index (χ1n) is 14.9. The first kappa shape index (κ1) is 31.3. The van der Waals surface area contributed by atoms with Crippen molar-refractivity contribution in [2.75, 3.05) is 10.8 Å². The van der Waals surface area contributed by atoms with E-state index in [0.717, 1.165) is 42.4 Å². The van der Waals surface area contributed by atoms with Gasteiger partial charge in [-0.25, -0.2) is 8.42 Å². The molecule has 1 saturated carbocycles. The highest BCUT2D eigenvalue weighted by Gasteiger charge is 2.34. The molecule has 0 spiro atoms. The minimum Gasteiger partial charge on any atom is -0.352 e. The summed E-state index contributed by atoms with van der Waals surface area (Å²) in [5, 5.41) is 3.15. The van der Waals surface area contributed by atoms with Gasteiger partial charge < -0.3 is 10.2 Å². The smallest absolute Gasteiger partial charge is 0.264 e. The molecule has 0 aliphatic heterocycles. The Bertz CT molecular complexity index is 1430. The maximum atomic E-state index is 14.2. The Balaban J connectivity index is 1.71. The van der Waals surface area contributed by atoms with Crippen LogP contribution in [0, 0.1) is 6.92 Å². The Labute approximate surface area is 251 Å². The Kier molecular flexibility index (Phi) is 10.4. The number of nitrogens with zero attached hydrogens (tertiary/aromatic N) is 2. The van der Waals surface area contributed by atoms with E-state index in [-0.39, 0.29) is 29.3 Å². The van der Waals surface area contributed by atoms with Gasteiger partial charge in [0.05, 0.1) is 10.6 Å². The molecule has 0 heterocycles. The van der Waals surface area contributed by atoms with Crippen molar-refractivity contribution in [3.63, 3.8) is 0 Å². The van der Waals surface area contributed by atoms with E-state index in [4.69, 9.17) is 0 Å². The van der Waals surface area contributed by atoms with Gasteiger partial charge >= 0.3 is 0 Å². The molecule has 1 aliphatic carbocycles. The highest BCUT2D eigenvalue weighted by molar-refractivity contribution is 7.92. The predicted octanol–water partition coefficient (Wildman–Crippen LogP) is 6.18. The molecular formula is C34H43N3O4S. The Morgan fingerprint density at radius 2 is 1.52 bits per heavy atom. The lowest BCUT2D eigenvalue weighted by molar-refractivity contribution is -0.140. The van der Waals surface area contributed by atoms with Gasteiger partial charge in [-0.15, -0.1) is 0 Å². The van der Waals surface area contributed by atoms with Crippen LogP contribution in [0.2, 0.25) is 0 Å². The monoisotopic (exact) mass is 589 g/mol. The van der Waals surface area contributed by atoms with Gasteiger partial charge in [0.2, 0.25) is 11.8 Å². The minimum absolute atomic E-state index is 0.106. The van der Waals surface area contributed by atoms with Crippen LogP contribution in [0.15, 0.2) is 83.8 Å². The third-order valence-electron chi connectivity index (χ3n) is 8.02. The first-order chi connectivity index (χ1) is 20.1. The fraction of sp³-hybridized carbons (Fsp3) is 0.412. The molecule has 2 amide bonds. The molecule has 0 saturated heterocycles. The van der Waals surface area contributed by atoms with E-state index in [0.29, 0.717) is 12.1 Å². The molecule has 4 rings (SSSR count). The summed E-state index contributed by atoms with van der Waals surface area (Å²) in [6.07, 6.45) is 4.43. The van der Waals surface area contributed by atoms with E-state index in [1.807, 2.05) is 56.3 Å². The standard InChI is InChI=1S/C34H43N3O4S/c1-5-32(34(39)35-29-13-9-10-14-29)36(23-27-11-7-6-8-12-27)33(38)24-37(30-19-17-28(18-20-30)25(2)3)42(40,41)31-21-15-26(4)16-22-31/h6-8,11-12,15-22,25,29,32H,5,9-10,13-14,23-24H2,1-4H3,(H,35,39)/t32-/m1/s1. The minimum atomic E-state index is -4.09. The Hall–Kier alpha value is -3.65. The van der Waals surface area contributed by atoms with Crippen LogP contribution in [-0.2, 0) is 26.2 Å². The van der Waals surface area contributed by atoms with Crippen LogP contribution < -0.4 is 9.62 Å². The van der Waals surface area contributed by atoms with E-state index in [1.165, 1.54) is 4.31 Å². The van der Waals surface area contributed by atoms with Crippen molar-refractivity contribution in [3.05, 3.63) is 95.6 Å². The SMILES string of the molecule is CC[C@H](C(=O)NC1CCCC1)N(Cc1ccccc1)C(=O)CN(c1ccc(C(C)C)cc1)S(=O)(=O)c1ccc(C)cc1. The number of hydrogen-bond acceptors (Lipinski definition) is 4. The van der Waals surface area contributed by atoms with Crippen molar-refractivity contribution in [1.29, 1.82) is 0 Å². The van der Waals surface area contributed by atoms with Crippen LogP contribution in [0.5, 0.6) is 0 Å². The number of aryl methyl sites for hydroxylation is 1. The molecular weight excluding hydrogens is 546 g/mol. The molecule has 1 aliphatic rings. The van der Waals surface area contributed by atoms with Gasteiger partial charge in [-0.05, 0) is 67.5 Å². The van der Waals surface area contributed by atoms with Crippen molar-refractivity contribution in [1.82, 2.24) is 10.2 Å². The zero-order valence-electron chi connectivity index (χ0n) is 25.1. The van der Waals surface area contributed by atoms with Gasteiger partial charge in [0, 0.05) is 12.6 Å². The lowest BCUT2D eigenvalue weighted by atomic mass is 10.0. The lowest BCUT2D eigenvalue weighted by Gasteiger charge is -2.34. The topological polar surface area (TPSA) is 86.8 Å². The first-order valence-corrected chi connectivity index (χ1v) is 16.4. The van der Waals surface area contributed by atoms with E-state index in [9.17, 15) is 18.0 Å². The molecule has 0 aromatic heterocycles. The number of anilines is 1. The number of rotatable bonds is 12. The quantitative estimate of drug-likeness (QED) is 0.273. The fourth-order valence-electron chi connectivity index (χ4n) is 5.46. The second kappa shape index (κ2) is 14.0. The fourth-order valence-corrected chi connectivity index (χ4v) is 6.87. The normalized spacial score (nSPS) is 14.5. The molecule has 3 aromatic carbocycles. The molecule has 0 unspecified atom stereocenters. The second-order valence-electron chi connectivity index (χ2n) is 11.5. The molecule has 42 heavy (non-hydrogen) atoms. The molecule has 3 aromatic rings. The Morgan fingerprint density at radius 3 is 2.10 bits per heavy atom. The summed E-state index contributed by atoms with van der Waals surface area (Å²) in [6, 6.07) is 22.8. The van der Waals surface area contributed by atoms with Gasteiger partial charge in [-0.1, -0.05) is 93.8 Å². The summed E-state index contributed by atoms with van der Waals surface area (Å²) in [5.74, 6) is -0.355. The summed E-state index contributed by atoms with van der Waals surface area (Å²) in [6.45, 7) is 7.68. The predicted molar refractivity (Wildman–Crippen MR) is 168 cm³/mol. The van der Waals surface area contributed by atoms with Crippen LogP contribution in [0.3, 0.4) is 0 Å². The van der Waals surface area contributed by atoms with Crippen molar-refractivity contribution < 1.29 is 18.0 Å². The van der Waals surface area contributed by atoms with Gasteiger partial charge in [0.1, 0.15) is 12.6 Å². The second-order valence-corrected chi connectivity index (χ2v) is 13.4. The van der Waals surface area contributed by atoms with Crippen molar-refractivity contribution in [3.8, 4) is 0 Å². The van der Waals surface area contributed by atoms with Crippen LogP contribution >= 0.6 is 0 Å². The van der Waals surface area contributed by atoms with Gasteiger partial charge in [0.15, 0.2) is 0 Å². The summed E-state index contributed by atoms with van der Waals surface area (Å²) in [4.78, 5) is 29.4. The van der Waals surface area contributed by atoms with E-state index in [2.05, 4.69) is 19.2 Å². The van der Waals surface area contributed by atoms with Crippen molar-refractivity contribution >= 4 is 27.5 Å². The molecule has 224 valence electrons. The third-order valence-corrected chi connectivity index (χ3v) is 9.81. The van der Waals surface area contributed by atoms with Crippen molar-refractivity contribution in [2.24, 2.45) is 0 Å². The summed E-state index contributed by atoms with van der Waals surface area (Å²) in [5.41, 5.74) is 3.27. The molecule has 1 N–H and O–H groups in total. The molecule has 7 nitrogen and oxygen atoms in total. The lowest BCUT2D eigenvalue weighted by Crippen LogP contribution is -2.53. The van der Waals surface area contributed by atoms with Crippen molar-refractivity contribution in [2.45, 2.75) is 89.2 Å². The van der Waals surface area contributed by atoms with E-state index >= 15 is 0 Å². The largest absolute Gasteiger partial charge is 0.352 e. The zero-order valence-corrected chi connectivity index (χ0v) is 25.9. The Morgan fingerprint density at radius 1 is 0.905 bits per heavy atom. The number of sulfonamides is 1. The molecule has 1 fully saturated rings. The van der Waals surface area contributed by atoms with E-state index in [1.54, 1.807) is 41.3 Å². The maximum Gasteiger partial charge on any atom is 0.264 e. The average Bonchev–Trinajstić information content (AvgIpc) is 3.49. The maximum absolute atomic E-state index is 14.2. The molecule has 8 heteroatoms. The van der Waals surface area contributed by atoms with Crippen LogP contribution in [-0.4, -0.2) is 43.8 Å². The number of carbonyl (C=O) groups is 2. The van der Waals surface area contributed by atoms with Gasteiger partial charge in [-0.2, -0.15) is 0 Å². The summed E-state index contributed by atoms with van der Waals surface area (Å²) >= 11 is 0. The number of amides is 2. The third kappa shape index (κ3) is 7.59. The number of benzene rings is 3. The van der Waals surface area contributed by atoms with E-state index < -0.39 is 28.5 Å². The number of nitrogens with one attached hydrogen (secondary N) is 1. The number of hydrogen-bond donors (Lipinski definition) is 1. The molecule has 0 bridgehead atoms. The van der Waals surface area contributed by atoms with Crippen LogP contribution in [0.4, 0.5) is 5.69 Å². The highest BCUT2D eigenvalue weighted by atomic mass is 32.2. The highest BCUT2D eigenvalue weighted by Crippen LogP contribution is 2.27. The van der Waals surface area contributed by atoms with Crippen LogP contribution in [0.1, 0.15) is 75.5 Å². The molecule has 1 atom stereocenters. The van der Waals surface area contributed by atoms with Crippen LogP contribution in [0.25, 0.3) is 0 Å². The number of carbonyl (C=O) groups excluding carboxylic acids is 2.